The average molecular weight is 247 g/mol. The van der Waals surface area contributed by atoms with Gasteiger partial charge < -0.3 is 10.4 Å². The van der Waals surface area contributed by atoms with Gasteiger partial charge in [-0.3, -0.25) is 4.21 Å². The van der Waals surface area contributed by atoms with Crippen molar-refractivity contribution < 1.29 is 9.32 Å². The molecule has 4 heteroatoms. The minimum atomic E-state index is -0.695. The molecule has 1 aliphatic rings. The zero-order valence-corrected chi connectivity index (χ0v) is 11.2. The fraction of sp³-hybridized carbons (Fsp3) is 1.00. The third-order valence-electron chi connectivity index (χ3n) is 3.32. The molecule has 3 nitrogen and oxygen atoms in total. The maximum atomic E-state index is 11.2. The van der Waals surface area contributed by atoms with Crippen LogP contribution in [0.3, 0.4) is 0 Å². The molecular formula is C12H25NO2S. The molecular weight excluding hydrogens is 222 g/mol. The summed E-state index contributed by atoms with van der Waals surface area (Å²) in [6.45, 7) is 3.35. The summed E-state index contributed by atoms with van der Waals surface area (Å²) < 4.78 is 11.2. The largest absolute Gasteiger partial charge is 0.389 e. The first kappa shape index (κ1) is 14.1. The first-order chi connectivity index (χ1) is 7.66. The summed E-state index contributed by atoms with van der Waals surface area (Å²) >= 11 is 0. The Hall–Kier alpha value is 0.0700. The molecule has 0 aliphatic heterocycles. The van der Waals surface area contributed by atoms with E-state index < -0.39 is 16.4 Å². The number of hydrogen-bond donors (Lipinski definition) is 2. The summed E-state index contributed by atoms with van der Waals surface area (Å²) in [4.78, 5) is 0. The standard InChI is InChI=1S/C12H25NO2S/c1-2-16(15)10-9-13-11-12(14)7-5-3-4-6-8-12/h13-14H,2-11H2,1H3. The Morgan fingerprint density at radius 2 is 1.88 bits per heavy atom. The van der Waals surface area contributed by atoms with Crippen LogP contribution in [-0.2, 0) is 10.8 Å². The second-order valence-corrected chi connectivity index (χ2v) is 6.61. The van der Waals surface area contributed by atoms with Crippen LogP contribution in [0.15, 0.2) is 0 Å². The Bertz CT molecular complexity index is 213. The molecule has 0 aromatic carbocycles. The molecule has 0 spiro atoms. The molecule has 0 saturated heterocycles. The van der Waals surface area contributed by atoms with Crippen LogP contribution in [0.1, 0.15) is 45.4 Å². The molecule has 1 saturated carbocycles. The van der Waals surface area contributed by atoms with Crippen LogP contribution in [0.5, 0.6) is 0 Å². The lowest BCUT2D eigenvalue weighted by Crippen LogP contribution is -2.41. The SMILES string of the molecule is CCS(=O)CCNCC1(O)CCCCCC1. The topological polar surface area (TPSA) is 49.3 Å². The molecule has 0 aromatic heterocycles. The average Bonchev–Trinajstić information content (AvgIpc) is 2.50. The van der Waals surface area contributed by atoms with E-state index in [0.717, 1.165) is 38.0 Å². The number of rotatable bonds is 6. The van der Waals surface area contributed by atoms with Gasteiger partial charge in [-0.15, -0.1) is 0 Å². The maximum absolute atomic E-state index is 11.2. The van der Waals surface area contributed by atoms with E-state index in [0.29, 0.717) is 12.3 Å². The normalized spacial score (nSPS) is 22.6. The van der Waals surface area contributed by atoms with Crippen molar-refractivity contribution in [2.75, 3.05) is 24.6 Å². The highest BCUT2D eigenvalue weighted by Gasteiger charge is 2.27. The van der Waals surface area contributed by atoms with E-state index >= 15 is 0 Å². The van der Waals surface area contributed by atoms with E-state index in [2.05, 4.69) is 5.32 Å². The van der Waals surface area contributed by atoms with Crippen molar-refractivity contribution in [3.05, 3.63) is 0 Å². The van der Waals surface area contributed by atoms with Crippen molar-refractivity contribution in [1.82, 2.24) is 5.32 Å². The Balaban J connectivity index is 2.17. The minimum absolute atomic E-state index is 0.510. The van der Waals surface area contributed by atoms with Gasteiger partial charge in [0.1, 0.15) is 0 Å². The van der Waals surface area contributed by atoms with Gasteiger partial charge in [0.25, 0.3) is 0 Å². The maximum Gasteiger partial charge on any atom is 0.0771 e. The fourth-order valence-corrected chi connectivity index (χ4v) is 2.88. The summed E-state index contributed by atoms with van der Waals surface area (Å²) in [7, 11) is -0.695. The second kappa shape index (κ2) is 7.41. The lowest BCUT2D eigenvalue weighted by atomic mass is 9.94. The van der Waals surface area contributed by atoms with E-state index in [-0.39, 0.29) is 0 Å². The van der Waals surface area contributed by atoms with Crippen LogP contribution >= 0.6 is 0 Å². The van der Waals surface area contributed by atoms with Crippen molar-refractivity contribution in [1.29, 1.82) is 0 Å². The molecule has 1 unspecified atom stereocenters. The van der Waals surface area contributed by atoms with E-state index in [4.69, 9.17) is 0 Å². The summed E-state index contributed by atoms with van der Waals surface area (Å²) in [5, 5.41) is 13.6. The molecule has 0 radical (unpaired) electrons. The number of aliphatic hydroxyl groups is 1. The second-order valence-electron chi connectivity index (χ2n) is 4.75. The third-order valence-corrected chi connectivity index (χ3v) is 4.62. The van der Waals surface area contributed by atoms with E-state index in [1.807, 2.05) is 6.92 Å². The van der Waals surface area contributed by atoms with Gasteiger partial charge in [0.05, 0.1) is 5.60 Å². The molecule has 1 atom stereocenters. The monoisotopic (exact) mass is 247 g/mol. The van der Waals surface area contributed by atoms with Gasteiger partial charge in [-0.05, 0) is 12.8 Å². The highest BCUT2D eigenvalue weighted by atomic mass is 32.2. The molecule has 0 bridgehead atoms. The van der Waals surface area contributed by atoms with Crippen molar-refractivity contribution in [2.45, 2.75) is 51.0 Å². The molecule has 16 heavy (non-hydrogen) atoms. The highest BCUT2D eigenvalue weighted by Crippen LogP contribution is 2.26. The summed E-state index contributed by atoms with van der Waals surface area (Å²) in [5.41, 5.74) is -0.510. The molecule has 1 rings (SSSR count). The van der Waals surface area contributed by atoms with Crippen molar-refractivity contribution in [3.63, 3.8) is 0 Å². The Morgan fingerprint density at radius 3 is 2.44 bits per heavy atom. The molecule has 2 N–H and O–H groups in total. The van der Waals surface area contributed by atoms with Crippen molar-refractivity contribution >= 4 is 10.8 Å². The predicted octanol–water partition coefficient (Wildman–Crippen LogP) is 1.43. The quantitative estimate of drug-likeness (QED) is 0.551. The van der Waals surface area contributed by atoms with E-state index in [9.17, 15) is 9.32 Å². The summed E-state index contributed by atoms with van der Waals surface area (Å²) in [6, 6.07) is 0. The highest BCUT2D eigenvalue weighted by molar-refractivity contribution is 7.84. The van der Waals surface area contributed by atoms with Gasteiger partial charge in [-0.1, -0.05) is 32.6 Å². The van der Waals surface area contributed by atoms with Gasteiger partial charge in [0.15, 0.2) is 0 Å². The van der Waals surface area contributed by atoms with E-state index in [1.165, 1.54) is 12.8 Å². The molecule has 0 heterocycles. The molecule has 0 aromatic rings. The van der Waals surface area contributed by atoms with Gasteiger partial charge in [-0.2, -0.15) is 0 Å². The van der Waals surface area contributed by atoms with Crippen LogP contribution in [0, 0.1) is 0 Å². The Morgan fingerprint density at radius 1 is 1.25 bits per heavy atom. The zero-order valence-electron chi connectivity index (χ0n) is 10.3. The van der Waals surface area contributed by atoms with Crippen LogP contribution in [0.4, 0.5) is 0 Å². The Kier molecular flexibility index (Phi) is 6.54. The van der Waals surface area contributed by atoms with Gasteiger partial charge in [0, 0.05) is 35.4 Å². The Labute approximate surface area is 101 Å². The molecule has 96 valence electrons. The zero-order chi connectivity index (χ0) is 11.9. The molecule has 1 aliphatic carbocycles. The third kappa shape index (κ3) is 5.41. The van der Waals surface area contributed by atoms with Crippen LogP contribution in [-0.4, -0.2) is 39.5 Å². The van der Waals surface area contributed by atoms with Gasteiger partial charge >= 0.3 is 0 Å². The summed E-state index contributed by atoms with van der Waals surface area (Å²) in [6.07, 6.45) is 6.61. The lowest BCUT2D eigenvalue weighted by Gasteiger charge is -2.26. The first-order valence-corrected chi connectivity index (χ1v) is 7.93. The number of nitrogens with one attached hydrogen (secondary N) is 1. The first-order valence-electron chi connectivity index (χ1n) is 6.44. The van der Waals surface area contributed by atoms with Crippen LogP contribution in [0.2, 0.25) is 0 Å². The van der Waals surface area contributed by atoms with Crippen LogP contribution in [0.25, 0.3) is 0 Å². The molecule has 0 amide bonds. The summed E-state index contributed by atoms with van der Waals surface area (Å²) in [5.74, 6) is 1.43. The van der Waals surface area contributed by atoms with Crippen molar-refractivity contribution in [3.8, 4) is 0 Å². The lowest BCUT2D eigenvalue weighted by molar-refractivity contribution is 0.0259. The predicted molar refractivity (Wildman–Crippen MR) is 69.1 cm³/mol. The minimum Gasteiger partial charge on any atom is -0.389 e. The van der Waals surface area contributed by atoms with Gasteiger partial charge in [-0.25, -0.2) is 0 Å². The van der Waals surface area contributed by atoms with Crippen molar-refractivity contribution in [2.24, 2.45) is 0 Å². The van der Waals surface area contributed by atoms with E-state index in [1.54, 1.807) is 0 Å². The van der Waals surface area contributed by atoms with Crippen LogP contribution < -0.4 is 5.32 Å². The molecule has 1 fully saturated rings. The smallest absolute Gasteiger partial charge is 0.0771 e. The fourth-order valence-electron chi connectivity index (χ4n) is 2.21. The van der Waals surface area contributed by atoms with Gasteiger partial charge in [0.2, 0.25) is 0 Å². The number of hydrogen-bond acceptors (Lipinski definition) is 3.